The van der Waals surface area contributed by atoms with Crippen LogP contribution in [0.25, 0.3) is 0 Å². The molecule has 0 radical (unpaired) electrons. The van der Waals surface area contributed by atoms with Gasteiger partial charge in [0.05, 0.1) is 0 Å². The zero-order valence-electron chi connectivity index (χ0n) is 33.9. The predicted molar refractivity (Wildman–Crippen MR) is 197 cm³/mol. The van der Waals surface area contributed by atoms with E-state index in [1.807, 2.05) is 0 Å². The Bertz CT molecular complexity index is 358. The van der Waals surface area contributed by atoms with Crippen molar-refractivity contribution >= 4 is 0 Å². The summed E-state index contributed by atoms with van der Waals surface area (Å²) in [7, 11) is 4.00. The van der Waals surface area contributed by atoms with Crippen LogP contribution in [-0.4, -0.2) is 72.3 Å². The van der Waals surface area contributed by atoms with Crippen LogP contribution in [0.15, 0.2) is 0 Å². The normalized spacial score (nSPS) is 27.9. The summed E-state index contributed by atoms with van der Waals surface area (Å²) in [5.74, 6) is 9.35. The van der Waals surface area contributed by atoms with Crippen molar-refractivity contribution in [2.24, 2.45) is 59.2 Å². The summed E-state index contributed by atoms with van der Waals surface area (Å²) in [5, 5.41) is 45.1. The van der Waals surface area contributed by atoms with Crippen LogP contribution >= 0.6 is 0 Å². The van der Waals surface area contributed by atoms with Crippen LogP contribution in [0.1, 0.15) is 133 Å². The summed E-state index contributed by atoms with van der Waals surface area (Å²) in [5.41, 5.74) is 0. The van der Waals surface area contributed by atoms with Crippen LogP contribution in [0.4, 0.5) is 0 Å². The van der Waals surface area contributed by atoms with E-state index >= 15 is 0 Å². The quantitative estimate of drug-likeness (QED) is 0.0719. The third-order valence-corrected chi connectivity index (χ3v) is 10.9. The predicted octanol–water partition coefficient (Wildman–Crippen LogP) is 8.56. The molecule has 2 rings (SSSR count). The number of hydrogen-bond donors (Lipinski definition) is 6. The van der Waals surface area contributed by atoms with E-state index in [-0.39, 0.29) is 58.3 Å². The molecule has 2 fully saturated rings. The average molecular weight is 737 g/mol. The van der Waals surface area contributed by atoms with Gasteiger partial charge in [-0.2, -0.15) is 0 Å². The summed E-state index contributed by atoms with van der Waals surface area (Å²) >= 11 is 0. The molecule has 0 saturated heterocycles. The maximum Gasteiger partial charge on any atom is 0.0431 e. The fourth-order valence-electron chi connectivity index (χ4n) is 6.43. The molecule has 2 aliphatic carbocycles. The van der Waals surface area contributed by atoms with Gasteiger partial charge in [0.2, 0.25) is 0 Å². The fourth-order valence-corrected chi connectivity index (χ4v) is 6.43. The number of aliphatic hydroxyl groups is 6. The van der Waals surface area contributed by atoms with Gasteiger partial charge in [-0.05, 0) is 72.0 Å². The fraction of sp³-hybridized carbons (Fsp3) is 0.947. The third kappa shape index (κ3) is 32.4. The van der Waals surface area contributed by atoms with Crippen LogP contribution in [-0.2, 0) is 43.4 Å². The molecule has 0 bridgehead atoms. The zero-order chi connectivity index (χ0) is 34.3. The molecule has 0 unspecified atom stereocenters. The minimum atomic E-state index is 0. The molecule has 0 spiro atoms. The molecule has 0 aliphatic heterocycles. The second kappa shape index (κ2) is 50.6. The van der Waals surface area contributed by atoms with Crippen LogP contribution in [0.2, 0.25) is 0 Å². The van der Waals surface area contributed by atoms with Crippen molar-refractivity contribution in [1.82, 2.24) is 0 Å². The molecule has 0 heterocycles. The van der Waals surface area contributed by atoms with Crippen molar-refractivity contribution in [2.45, 2.75) is 133 Å². The Morgan fingerprint density at radius 1 is 0.261 bits per heavy atom. The Kier molecular flexibility index (Phi) is 75.9. The van der Waals surface area contributed by atoms with Gasteiger partial charge in [0.15, 0.2) is 0 Å². The SMILES string of the molecule is CC1C(C)C(C)C(C)C1C.CC1C(C)C(C)C(C)C1C.CO.CO.CO.CO.OCCCCCCCCCCCCO.[CH3-].[CH3-].[Ti].[Ti]. The monoisotopic (exact) mass is 737 g/mol. The van der Waals surface area contributed by atoms with Gasteiger partial charge in [0.25, 0.3) is 0 Å². The van der Waals surface area contributed by atoms with Gasteiger partial charge in [-0.1, -0.05) is 121 Å². The van der Waals surface area contributed by atoms with E-state index in [9.17, 15) is 0 Å². The van der Waals surface area contributed by atoms with Gasteiger partial charge < -0.3 is 45.5 Å². The number of unbranched alkanes of at least 4 members (excludes halogenated alkanes) is 9. The van der Waals surface area contributed by atoms with Gasteiger partial charge in [-0.25, -0.2) is 0 Å². The summed E-state index contributed by atoms with van der Waals surface area (Å²) in [6.45, 7) is 24.7. The smallest absolute Gasteiger partial charge is 0.0431 e. The molecule has 8 heteroatoms. The van der Waals surface area contributed by atoms with E-state index in [0.717, 1.165) is 100 Å². The molecule has 0 aromatic rings. The van der Waals surface area contributed by atoms with Crippen molar-refractivity contribution < 1.29 is 74.1 Å². The number of aliphatic hydroxyl groups excluding tert-OH is 6. The van der Waals surface area contributed by atoms with Crippen molar-refractivity contribution in [2.75, 3.05) is 41.7 Å². The summed E-state index contributed by atoms with van der Waals surface area (Å²) in [6, 6.07) is 0. The second-order valence-electron chi connectivity index (χ2n) is 12.6. The zero-order valence-corrected chi connectivity index (χ0v) is 37.1. The Balaban J connectivity index is -0.0000000556. The molecule has 2 aliphatic rings. The van der Waals surface area contributed by atoms with Crippen molar-refractivity contribution in [3.8, 4) is 0 Å². The van der Waals surface area contributed by atoms with Crippen LogP contribution in [0.3, 0.4) is 0 Å². The first-order chi connectivity index (χ1) is 20.0. The van der Waals surface area contributed by atoms with Crippen molar-refractivity contribution in [1.29, 1.82) is 0 Å². The molecule has 0 amide bonds. The number of hydrogen-bond acceptors (Lipinski definition) is 6. The molecule has 46 heavy (non-hydrogen) atoms. The minimum Gasteiger partial charge on any atom is -0.400 e. The van der Waals surface area contributed by atoms with Gasteiger partial charge in [-0.15, -0.1) is 0 Å². The van der Waals surface area contributed by atoms with Crippen LogP contribution < -0.4 is 0 Å². The third-order valence-electron chi connectivity index (χ3n) is 10.9. The van der Waals surface area contributed by atoms with E-state index in [1.165, 1.54) is 51.4 Å². The minimum absolute atomic E-state index is 0. The largest absolute Gasteiger partial charge is 0.400 e. The van der Waals surface area contributed by atoms with E-state index in [1.54, 1.807) is 0 Å². The maximum absolute atomic E-state index is 8.57. The first kappa shape index (κ1) is 69.0. The van der Waals surface area contributed by atoms with Crippen molar-refractivity contribution in [3.05, 3.63) is 14.9 Å². The molecule has 0 aromatic heterocycles. The van der Waals surface area contributed by atoms with Crippen LogP contribution in [0, 0.1) is 74.0 Å². The van der Waals surface area contributed by atoms with Crippen molar-refractivity contribution in [3.63, 3.8) is 0 Å². The topological polar surface area (TPSA) is 121 Å². The van der Waals surface area contributed by atoms with E-state index in [4.69, 9.17) is 30.6 Å². The summed E-state index contributed by atoms with van der Waals surface area (Å²) in [4.78, 5) is 0. The molecule has 0 aromatic carbocycles. The molecule has 6 nitrogen and oxygen atoms in total. The van der Waals surface area contributed by atoms with E-state index < -0.39 is 0 Å². The molecular weight excluding hydrogens is 648 g/mol. The van der Waals surface area contributed by atoms with Gasteiger partial charge >= 0.3 is 0 Å². The van der Waals surface area contributed by atoms with Crippen LogP contribution in [0.5, 0.6) is 0 Å². The van der Waals surface area contributed by atoms with Gasteiger partial charge in [0.1, 0.15) is 0 Å². The Labute approximate surface area is 321 Å². The molecular formula is C38H88O6Ti2-2. The standard InChI is InChI=1S/C12H26O2.2C10H20.4CH4O.2CH3.2Ti/c13-11-9-7-5-3-1-2-4-6-8-10-12-14;2*1-6-7(2)9(4)10(5)8(6)3;4*1-2;;;;/h13-14H,1-12H2;2*6-10H,1-5H3;4*2H,1H3;2*1H3;;/q;;;;;;;2*-1;;. The Hall–Kier alpha value is 1.19. The number of rotatable bonds is 11. The maximum atomic E-state index is 8.57. The molecule has 6 N–H and O–H groups in total. The van der Waals surface area contributed by atoms with Gasteiger partial charge in [0, 0.05) is 85.1 Å². The molecule has 286 valence electrons. The van der Waals surface area contributed by atoms with Gasteiger partial charge in [-0.3, -0.25) is 0 Å². The van der Waals surface area contributed by atoms with E-state index in [2.05, 4.69) is 69.2 Å². The molecule has 0 atom stereocenters. The Morgan fingerprint density at radius 3 is 0.435 bits per heavy atom. The second-order valence-corrected chi connectivity index (χ2v) is 12.6. The summed E-state index contributed by atoms with van der Waals surface area (Å²) < 4.78 is 0. The summed E-state index contributed by atoms with van der Waals surface area (Å²) in [6.07, 6.45) is 12.2. The Morgan fingerprint density at radius 2 is 0.348 bits per heavy atom. The first-order valence-corrected chi connectivity index (χ1v) is 17.0. The average Bonchev–Trinajstić information content (AvgIpc) is 3.32. The van der Waals surface area contributed by atoms with E-state index in [0.29, 0.717) is 13.2 Å². The molecule has 2 saturated carbocycles. The first-order valence-electron chi connectivity index (χ1n) is 17.0.